The number of nitro groups is 1. The van der Waals surface area contributed by atoms with Gasteiger partial charge in [-0.15, -0.1) is 0 Å². The number of nitrogens with zero attached hydrogens (tertiary/aromatic N) is 1. The number of nitro benzene ring substituents is 1. The molecule has 0 saturated heterocycles. The Morgan fingerprint density at radius 2 is 1.90 bits per heavy atom. The highest BCUT2D eigenvalue weighted by atomic mass is 79.9. The maximum Gasteiger partial charge on any atom is 0.269 e. The van der Waals surface area contributed by atoms with Crippen LogP contribution in [-0.2, 0) is 0 Å². The van der Waals surface area contributed by atoms with Crippen LogP contribution in [0.3, 0.4) is 0 Å². The Bertz CT molecular complexity index is 629. The van der Waals surface area contributed by atoms with Crippen molar-refractivity contribution in [3.8, 4) is 0 Å². The molecular formula is C14H12BrNO3S. The van der Waals surface area contributed by atoms with Gasteiger partial charge in [-0.3, -0.25) is 10.1 Å². The van der Waals surface area contributed by atoms with Crippen molar-refractivity contribution in [3.63, 3.8) is 0 Å². The van der Waals surface area contributed by atoms with Gasteiger partial charge < -0.3 is 5.11 Å². The summed E-state index contributed by atoms with van der Waals surface area (Å²) in [5.74, 6) is 0. The first-order valence-corrected chi connectivity index (χ1v) is 7.48. The molecule has 2 rings (SSSR count). The predicted octanol–water partition coefficient (Wildman–Crippen LogP) is 4.56. The van der Waals surface area contributed by atoms with Gasteiger partial charge in [0, 0.05) is 26.4 Å². The monoisotopic (exact) mass is 353 g/mol. The van der Waals surface area contributed by atoms with Gasteiger partial charge in [-0.25, -0.2) is 0 Å². The minimum Gasteiger partial charge on any atom is -0.389 e. The molecule has 0 aromatic heterocycles. The molecule has 0 radical (unpaired) electrons. The average molecular weight is 354 g/mol. The van der Waals surface area contributed by atoms with Gasteiger partial charge in [-0.2, -0.15) is 0 Å². The number of aliphatic hydroxyl groups is 1. The molecule has 1 atom stereocenters. The molecule has 4 nitrogen and oxygen atoms in total. The lowest BCUT2D eigenvalue weighted by Gasteiger charge is -2.09. The van der Waals surface area contributed by atoms with E-state index >= 15 is 0 Å². The minimum absolute atomic E-state index is 0.0814. The molecular weight excluding hydrogens is 342 g/mol. The fourth-order valence-electron chi connectivity index (χ4n) is 1.62. The van der Waals surface area contributed by atoms with Crippen molar-refractivity contribution in [1.82, 2.24) is 0 Å². The number of hydrogen-bond donors (Lipinski definition) is 1. The van der Waals surface area contributed by atoms with Crippen LogP contribution in [0, 0.1) is 10.1 Å². The van der Waals surface area contributed by atoms with Gasteiger partial charge in [0.25, 0.3) is 5.69 Å². The van der Waals surface area contributed by atoms with Gasteiger partial charge in [-0.05, 0) is 52.7 Å². The molecule has 2 aromatic rings. The third-order valence-electron chi connectivity index (χ3n) is 2.71. The molecule has 0 heterocycles. The van der Waals surface area contributed by atoms with Gasteiger partial charge in [-0.1, -0.05) is 17.8 Å². The van der Waals surface area contributed by atoms with Crippen LogP contribution in [-0.4, -0.2) is 10.0 Å². The summed E-state index contributed by atoms with van der Waals surface area (Å²) < 4.78 is 0.888. The Labute approximate surface area is 129 Å². The van der Waals surface area contributed by atoms with Crippen molar-refractivity contribution in [2.45, 2.75) is 22.8 Å². The largest absolute Gasteiger partial charge is 0.389 e. The van der Waals surface area contributed by atoms with Crippen LogP contribution in [0.4, 0.5) is 5.69 Å². The van der Waals surface area contributed by atoms with Crippen molar-refractivity contribution in [3.05, 3.63) is 62.6 Å². The first-order valence-electron chi connectivity index (χ1n) is 5.87. The van der Waals surface area contributed by atoms with Crippen molar-refractivity contribution < 1.29 is 10.0 Å². The topological polar surface area (TPSA) is 63.4 Å². The van der Waals surface area contributed by atoms with Gasteiger partial charge in [0.1, 0.15) is 0 Å². The summed E-state index contributed by atoms with van der Waals surface area (Å²) >= 11 is 4.97. The van der Waals surface area contributed by atoms with Crippen molar-refractivity contribution in [2.24, 2.45) is 0 Å². The van der Waals surface area contributed by atoms with Crippen LogP contribution in [0.25, 0.3) is 0 Å². The lowest BCUT2D eigenvalue weighted by molar-refractivity contribution is -0.384. The normalized spacial score (nSPS) is 12.2. The van der Waals surface area contributed by atoms with Gasteiger partial charge in [0.15, 0.2) is 0 Å². The molecule has 0 aliphatic rings. The fourth-order valence-corrected chi connectivity index (χ4v) is 3.08. The molecule has 0 unspecified atom stereocenters. The number of hydrogen-bond acceptors (Lipinski definition) is 4. The van der Waals surface area contributed by atoms with Crippen LogP contribution in [0.1, 0.15) is 18.6 Å². The first-order chi connectivity index (χ1) is 9.47. The fraction of sp³-hybridized carbons (Fsp3) is 0.143. The van der Waals surface area contributed by atoms with Crippen molar-refractivity contribution in [1.29, 1.82) is 0 Å². The molecule has 20 heavy (non-hydrogen) atoms. The molecule has 0 amide bonds. The van der Waals surface area contributed by atoms with E-state index in [4.69, 9.17) is 0 Å². The lowest BCUT2D eigenvalue weighted by atomic mass is 10.1. The molecule has 0 fully saturated rings. The number of non-ortho nitro benzene ring substituents is 1. The SMILES string of the molecule is C[C@H](O)c1ccc(Sc2ccc([N+](=O)[O-])cc2)c(Br)c1. The summed E-state index contributed by atoms with van der Waals surface area (Å²) in [6.07, 6.45) is -0.510. The average Bonchev–Trinajstić information content (AvgIpc) is 2.41. The van der Waals surface area contributed by atoms with E-state index < -0.39 is 11.0 Å². The number of benzene rings is 2. The molecule has 104 valence electrons. The lowest BCUT2D eigenvalue weighted by Crippen LogP contribution is -1.91. The van der Waals surface area contributed by atoms with Crippen LogP contribution in [0.2, 0.25) is 0 Å². The molecule has 0 saturated carbocycles. The Hall–Kier alpha value is -1.37. The zero-order chi connectivity index (χ0) is 14.7. The van der Waals surface area contributed by atoms with E-state index in [2.05, 4.69) is 15.9 Å². The summed E-state index contributed by atoms with van der Waals surface area (Å²) in [7, 11) is 0. The van der Waals surface area contributed by atoms with E-state index in [1.165, 1.54) is 23.9 Å². The van der Waals surface area contributed by atoms with Gasteiger partial charge in [0.2, 0.25) is 0 Å². The Kier molecular flexibility index (Phi) is 4.80. The quantitative estimate of drug-likeness (QED) is 0.646. The van der Waals surface area contributed by atoms with Crippen molar-refractivity contribution >= 4 is 33.4 Å². The minimum atomic E-state index is -0.510. The maximum absolute atomic E-state index is 10.6. The van der Waals surface area contributed by atoms with E-state index in [9.17, 15) is 15.2 Å². The number of aliphatic hydroxyl groups excluding tert-OH is 1. The molecule has 0 aliphatic carbocycles. The smallest absolute Gasteiger partial charge is 0.269 e. The summed E-state index contributed by atoms with van der Waals surface area (Å²) in [5, 5.41) is 20.1. The van der Waals surface area contributed by atoms with Crippen molar-refractivity contribution in [2.75, 3.05) is 0 Å². The maximum atomic E-state index is 10.6. The van der Waals surface area contributed by atoms with Gasteiger partial charge in [0.05, 0.1) is 11.0 Å². The standard InChI is InChI=1S/C14H12BrNO3S/c1-9(17)10-2-7-14(13(15)8-10)20-12-5-3-11(4-6-12)16(18)19/h2-9,17H,1H3/t9-/m0/s1. The first kappa shape index (κ1) is 15.0. The Morgan fingerprint density at radius 3 is 2.40 bits per heavy atom. The predicted molar refractivity (Wildman–Crippen MR) is 82.0 cm³/mol. The van der Waals surface area contributed by atoms with Crippen LogP contribution < -0.4 is 0 Å². The van der Waals surface area contributed by atoms with E-state index in [0.717, 1.165) is 19.8 Å². The molecule has 2 aromatic carbocycles. The highest BCUT2D eigenvalue weighted by Gasteiger charge is 2.08. The Morgan fingerprint density at radius 1 is 1.25 bits per heavy atom. The van der Waals surface area contributed by atoms with Crippen LogP contribution in [0.15, 0.2) is 56.7 Å². The zero-order valence-electron chi connectivity index (χ0n) is 10.6. The summed E-state index contributed by atoms with van der Waals surface area (Å²) in [6, 6.07) is 12.1. The molecule has 0 spiro atoms. The van der Waals surface area contributed by atoms with E-state index in [0.29, 0.717) is 0 Å². The molecule has 6 heteroatoms. The summed E-state index contributed by atoms with van der Waals surface area (Å²) in [6.45, 7) is 1.71. The zero-order valence-corrected chi connectivity index (χ0v) is 13.0. The third-order valence-corrected chi connectivity index (χ3v) is 4.72. The van der Waals surface area contributed by atoms with Crippen LogP contribution >= 0.6 is 27.7 Å². The highest BCUT2D eigenvalue weighted by Crippen LogP contribution is 2.35. The summed E-state index contributed by atoms with van der Waals surface area (Å²) in [5.41, 5.74) is 0.919. The highest BCUT2D eigenvalue weighted by molar-refractivity contribution is 9.10. The van der Waals surface area contributed by atoms with Gasteiger partial charge >= 0.3 is 0 Å². The second-order valence-electron chi connectivity index (χ2n) is 4.22. The number of rotatable bonds is 4. The molecule has 1 N–H and O–H groups in total. The van der Waals surface area contributed by atoms with E-state index in [1.54, 1.807) is 19.1 Å². The summed E-state index contributed by atoms with van der Waals surface area (Å²) in [4.78, 5) is 12.1. The molecule has 0 bridgehead atoms. The number of halogens is 1. The molecule has 0 aliphatic heterocycles. The third kappa shape index (κ3) is 3.59. The van der Waals surface area contributed by atoms with E-state index in [1.807, 2.05) is 18.2 Å². The van der Waals surface area contributed by atoms with Crippen LogP contribution in [0.5, 0.6) is 0 Å². The second kappa shape index (κ2) is 6.39. The second-order valence-corrected chi connectivity index (χ2v) is 6.19. The Balaban J connectivity index is 2.19. The van der Waals surface area contributed by atoms with E-state index in [-0.39, 0.29) is 5.69 Å².